The van der Waals surface area contributed by atoms with Crippen molar-refractivity contribution in [2.45, 2.75) is 32.9 Å². The normalized spacial score (nSPS) is 12.6. The quantitative estimate of drug-likeness (QED) is 0.872. The van der Waals surface area contributed by atoms with E-state index >= 15 is 0 Å². The van der Waals surface area contributed by atoms with Gasteiger partial charge >= 0.3 is 0 Å². The number of aromatic nitrogens is 2. The summed E-state index contributed by atoms with van der Waals surface area (Å²) in [4.78, 5) is 4.37. The number of rotatable bonds is 4. The van der Waals surface area contributed by atoms with Crippen molar-refractivity contribution in [1.29, 1.82) is 0 Å². The van der Waals surface area contributed by atoms with Gasteiger partial charge in [0.25, 0.3) is 0 Å². The number of nitrogens with two attached hydrogens (primary N) is 1. The van der Waals surface area contributed by atoms with Gasteiger partial charge in [-0.1, -0.05) is 24.3 Å². The summed E-state index contributed by atoms with van der Waals surface area (Å²) in [6.45, 7) is 5.01. The molecule has 0 radical (unpaired) electrons. The molecule has 0 amide bonds. The predicted octanol–water partition coefficient (Wildman–Crippen LogP) is 2.13. The van der Waals surface area contributed by atoms with Crippen molar-refractivity contribution in [2.75, 3.05) is 0 Å². The molecule has 1 aromatic heterocycles. The van der Waals surface area contributed by atoms with Crippen LogP contribution in [0.15, 0.2) is 36.8 Å². The van der Waals surface area contributed by atoms with Crippen LogP contribution in [0.3, 0.4) is 0 Å². The van der Waals surface area contributed by atoms with Crippen molar-refractivity contribution in [3.05, 3.63) is 53.6 Å². The third-order valence-electron chi connectivity index (χ3n) is 2.83. The second-order valence-electron chi connectivity index (χ2n) is 4.65. The molecule has 3 heteroatoms. The fourth-order valence-corrected chi connectivity index (χ4v) is 1.91. The molecule has 0 bridgehead atoms. The molecular formula is C14H19N3. The maximum Gasteiger partial charge on any atom is 0.0952 e. The van der Waals surface area contributed by atoms with Gasteiger partial charge in [0.1, 0.15) is 0 Å². The first-order chi connectivity index (χ1) is 8.15. The Morgan fingerprint density at radius 3 is 2.82 bits per heavy atom. The van der Waals surface area contributed by atoms with Crippen LogP contribution in [-0.2, 0) is 13.0 Å². The summed E-state index contributed by atoms with van der Waals surface area (Å²) in [6, 6.07) is 8.59. The molecule has 2 aromatic rings. The summed E-state index contributed by atoms with van der Waals surface area (Å²) in [6.07, 6.45) is 4.79. The molecule has 1 atom stereocenters. The van der Waals surface area contributed by atoms with E-state index in [0.29, 0.717) is 0 Å². The molecule has 0 saturated heterocycles. The standard InChI is InChI=1S/C14H19N3/c1-11-5-3-4-6-13(11)8-17-9-14(16-10-17)7-12(2)15/h3-6,9-10,12H,7-8,15H2,1-2H3. The summed E-state index contributed by atoms with van der Waals surface area (Å²) in [5, 5.41) is 0. The highest BCUT2D eigenvalue weighted by Crippen LogP contribution is 2.10. The van der Waals surface area contributed by atoms with Gasteiger partial charge in [0.15, 0.2) is 0 Å². The monoisotopic (exact) mass is 229 g/mol. The average molecular weight is 229 g/mol. The molecule has 1 aromatic carbocycles. The second kappa shape index (κ2) is 5.15. The molecule has 0 aliphatic heterocycles. The van der Waals surface area contributed by atoms with Gasteiger partial charge in [0.05, 0.1) is 12.0 Å². The first-order valence-corrected chi connectivity index (χ1v) is 5.96. The number of benzene rings is 1. The van der Waals surface area contributed by atoms with Crippen LogP contribution < -0.4 is 5.73 Å². The minimum Gasteiger partial charge on any atom is -0.333 e. The predicted molar refractivity (Wildman–Crippen MR) is 69.9 cm³/mol. The highest BCUT2D eigenvalue weighted by molar-refractivity contribution is 5.25. The lowest BCUT2D eigenvalue weighted by atomic mass is 10.1. The lowest BCUT2D eigenvalue weighted by molar-refractivity contribution is 0.723. The number of aryl methyl sites for hydroxylation is 1. The molecular weight excluding hydrogens is 210 g/mol. The maximum atomic E-state index is 5.76. The van der Waals surface area contributed by atoms with E-state index < -0.39 is 0 Å². The molecule has 0 spiro atoms. The van der Waals surface area contributed by atoms with E-state index in [1.807, 2.05) is 13.3 Å². The van der Waals surface area contributed by atoms with Crippen LogP contribution in [0.25, 0.3) is 0 Å². The maximum absolute atomic E-state index is 5.76. The molecule has 1 unspecified atom stereocenters. The molecule has 17 heavy (non-hydrogen) atoms. The van der Waals surface area contributed by atoms with Gasteiger partial charge in [-0.25, -0.2) is 4.98 Å². The van der Waals surface area contributed by atoms with Crippen LogP contribution in [0.5, 0.6) is 0 Å². The highest BCUT2D eigenvalue weighted by Gasteiger charge is 2.03. The highest BCUT2D eigenvalue weighted by atomic mass is 15.0. The van der Waals surface area contributed by atoms with Crippen LogP contribution >= 0.6 is 0 Å². The first kappa shape index (κ1) is 11.9. The Kier molecular flexibility index (Phi) is 3.59. The van der Waals surface area contributed by atoms with E-state index in [0.717, 1.165) is 18.7 Å². The van der Waals surface area contributed by atoms with Gasteiger partial charge in [-0.2, -0.15) is 0 Å². The zero-order valence-electron chi connectivity index (χ0n) is 10.4. The van der Waals surface area contributed by atoms with Crippen molar-refractivity contribution >= 4 is 0 Å². The summed E-state index contributed by atoms with van der Waals surface area (Å²) < 4.78 is 2.11. The first-order valence-electron chi connectivity index (χ1n) is 5.96. The summed E-state index contributed by atoms with van der Waals surface area (Å²) in [7, 11) is 0. The van der Waals surface area contributed by atoms with Crippen LogP contribution in [-0.4, -0.2) is 15.6 Å². The number of nitrogens with zero attached hydrogens (tertiary/aromatic N) is 2. The summed E-state index contributed by atoms with van der Waals surface area (Å²) in [5.41, 5.74) is 9.47. The second-order valence-corrected chi connectivity index (χ2v) is 4.65. The Balaban J connectivity index is 2.09. The molecule has 1 heterocycles. The lowest BCUT2D eigenvalue weighted by Gasteiger charge is -2.05. The molecule has 0 saturated carbocycles. The van der Waals surface area contributed by atoms with Gasteiger partial charge in [-0.3, -0.25) is 0 Å². The van der Waals surface area contributed by atoms with Crippen molar-refractivity contribution in [3.63, 3.8) is 0 Å². The Bertz CT molecular complexity index is 486. The molecule has 0 aliphatic carbocycles. The smallest absolute Gasteiger partial charge is 0.0952 e. The Morgan fingerprint density at radius 1 is 1.35 bits per heavy atom. The Hall–Kier alpha value is -1.61. The lowest BCUT2D eigenvalue weighted by Crippen LogP contribution is -2.17. The number of hydrogen-bond donors (Lipinski definition) is 1. The average Bonchev–Trinajstić information content (AvgIpc) is 2.68. The third-order valence-corrected chi connectivity index (χ3v) is 2.83. The van der Waals surface area contributed by atoms with Gasteiger partial charge in [0.2, 0.25) is 0 Å². The van der Waals surface area contributed by atoms with E-state index in [4.69, 9.17) is 5.73 Å². The molecule has 2 N–H and O–H groups in total. The number of imidazole rings is 1. The zero-order valence-corrected chi connectivity index (χ0v) is 10.4. The van der Waals surface area contributed by atoms with Gasteiger partial charge in [-0.15, -0.1) is 0 Å². The molecule has 2 rings (SSSR count). The fourth-order valence-electron chi connectivity index (χ4n) is 1.91. The topological polar surface area (TPSA) is 43.8 Å². The van der Waals surface area contributed by atoms with Crippen LogP contribution in [0.1, 0.15) is 23.7 Å². The van der Waals surface area contributed by atoms with Gasteiger partial charge in [0, 0.05) is 25.2 Å². The van der Waals surface area contributed by atoms with E-state index in [1.165, 1.54) is 11.1 Å². The third kappa shape index (κ3) is 3.17. The van der Waals surface area contributed by atoms with Crippen molar-refractivity contribution < 1.29 is 0 Å². The van der Waals surface area contributed by atoms with E-state index in [-0.39, 0.29) is 6.04 Å². The van der Waals surface area contributed by atoms with Gasteiger partial charge in [-0.05, 0) is 25.0 Å². The summed E-state index contributed by atoms with van der Waals surface area (Å²) in [5.74, 6) is 0. The van der Waals surface area contributed by atoms with Crippen LogP contribution in [0.4, 0.5) is 0 Å². The zero-order chi connectivity index (χ0) is 12.3. The van der Waals surface area contributed by atoms with E-state index in [1.54, 1.807) is 0 Å². The Labute approximate surface area is 102 Å². The molecule has 3 nitrogen and oxygen atoms in total. The molecule has 90 valence electrons. The summed E-state index contributed by atoms with van der Waals surface area (Å²) >= 11 is 0. The van der Waals surface area contributed by atoms with E-state index in [2.05, 4.69) is 46.9 Å². The number of hydrogen-bond acceptors (Lipinski definition) is 2. The minimum absolute atomic E-state index is 0.164. The van der Waals surface area contributed by atoms with Crippen molar-refractivity contribution in [2.24, 2.45) is 5.73 Å². The van der Waals surface area contributed by atoms with Crippen LogP contribution in [0.2, 0.25) is 0 Å². The van der Waals surface area contributed by atoms with Crippen molar-refractivity contribution in [1.82, 2.24) is 9.55 Å². The SMILES string of the molecule is Cc1ccccc1Cn1cnc(CC(C)N)c1. The fraction of sp³-hybridized carbons (Fsp3) is 0.357. The van der Waals surface area contributed by atoms with Crippen molar-refractivity contribution in [3.8, 4) is 0 Å². The van der Waals surface area contributed by atoms with Gasteiger partial charge < -0.3 is 10.3 Å². The Morgan fingerprint density at radius 2 is 2.12 bits per heavy atom. The largest absolute Gasteiger partial charge is 0.333 e. The molecule has 0 fully saturated rings. The molecule has 0 aliphatic rings. The van der Waals surface area contributed by atoms with E-state index in [9.17, 15) is 0 Å². The van der Waals surface area contributed by atoms with Crippen LogP contribution in [0, 0.1) is 6.92 Å². The minimum atomic E-state index is 0.164.